The third kappa shape index (κ3) is 3.17. The Morgan fingerprint density at radius 1 is 1.55 bits per heavy atom. The lowest BCUT2D eigenvalue weighted by molar-refractivity contribution is -0.384. The number of carbonyl (C=O) groups excluding carboxylic acids is 1. The molecule has 8 heteroatoms. The van der Waals surface area contributed by atoms with Gasteiger partial charge in [-0.25, -0.2) is 0 Å². The van der Waals surface area contributed by atoms with Gasteiger partial charge in [-0.2, -0.15) is 0 Å². The summed E-state index contributed by atoms with van der Waals surface area (Å²) in [6.45, 7) is 0.479. The zero-order valence-electron chi connectivity index (χ0n) is 10.7. The van der Waals surface area contributed by atoms with Crippen molar-refractivity contribution in [2.75, 3.05) is 13.7 Å². The molecule has 2 atom stereocenters. The number of carbonyl (C=O) groups is 1. The molecule has 1 heterocycles. The van der Waals surface area contributed by atoms with E-state index in [1.807, 2.05) is 0 Å². The molecule has 108 valence electrons. The number of esters is 1. The first-order valence-corrected chi connectivity index (χ1v) is 6.31. The Kier molecular flexibility index (Phi) is 4.41. The Hall–Kier alpha value is -1.86. The van der Waals surface area contributed by atoms with Crippen LogP contribution in [-0.2, 0) is 9.53 Å². The summed E-state index contributed by atoms with van der Waals surface area (Å²) in [5.74, 6) is 0.0143. The molecule has 0 saturated carbocycles. The van der Waals surface area contributed by atoms with Crippen LogP contribution in [0.25, 0.3) is 0 Å². The number of nitrogens with one attached hydrogen (secondary N) is 1. The van der Waals surface area contributed by atoms with Gasteiger partial charge in [0.05, 0.1) is 17.1 Å². The molecule has 1 aromatic rings. The number of rotatable bonds is 4. The molecular formula is C12H13ClN2O5. The van der Waals surface area contributed by atoms with Gasteiger partial charge in [0.25, 0.3) is 5.69 Å². The third-order valence-corrected chi connectivity index (χ3v) is 3.29. The minimum Gasteiger partial charge on any atom is -0.487 e. The summed E-state index contributed by atoms with van der Waals surface area (Å²) >= 11 is 5.94. The quantitative estimate of drug-likeness (QED) is 0.515. The SMILES string of the molecule is COC(=O)[C@@H]1CC(Oc2ccc([N+](=O)[O-])cc2Cl)CN1. The average Bonchev–Trinajstić information content (AvgIpc) is 2.88. The van der Waals surface area contributed by atoms with E-state index < -0.39 is 11.0 Å². The van der Waals surface area contributed by atoms with Crippen LogP contribution in [0.15, 0.2) is 18.2 Å². The zero-order valence-corrected chi connectivity index (χ0v) is 11.4. The van der Waals surface area contributed by atoms with E-state index in [4.69, 9.17) is 16.3 Å². The smallest absolute Gasteiger partial charge is 0.323 e. The molecule has 1 N–H and O–H groups in total. The van der Waals surface area contributed by atoms with Crippen molar-refractivity contribution in [1.82, 2.24) is 5.32 Å². The monoisotopic (exact) mass is 300 g/mol. The number of ether oxygens (including phenoxy) is 2. The standard InChI is InChI=1S/C12H13ClN2O5/c1-19-12(16)10-5-8(6-14-10)20-11-3-2-7(15(17)18)4-9(11)13/h2-4,8,10,14H,5-6H2,1H3/t8?,10-/m0/s1. The van der Waals surface area contributed by atoms with Crippen molar-refractivity contribution in [1.29, 1.82) is 0 Å². The van der Waals surface area contributed by atoms with Gasteiger partial charge in [0, 0.05) is 25.1 Å². The van der Waals surface area contributed by atoms with E-state index in [9.17, 15) is 14.9 Å². The zero-order chi connectivity index (χ0) is 14.7. The molecule has 20 heavy (non-hydrogen) atoms. The van der Waals surface area contributed by atoms with Crippen LogP contribution in [0.3, 0.4) is 0 Å². The van der Waals surface area contributed by atoms with Gasteiger partial charge < -0.3 is 14.8 Å². The summed E-state index contributed by atoms with van der Waals surface area (Å²) in [4.78, 5) is 21.4. The highest BCUT2D eigenvalue weighted by atomic mass is 35.5. The minimum atomic E-state index is -0.528. The van der Waals surface area contributed by atoms with Crippen LogP contribution in [0.1, 0.15) is 6.42 Å². The summed E-state index contributed by atoms with van der Waals surface area (Å²) in [5.41, 5.74) is -0.0978. The summed E-state index contributed by atoms with van der Waals surface area (Å²) in [6, 6.07) is 3.60. The first-order valence-electron chi connectivity index (χ1n) is 5.93. The molecule has 0 aliphatic carbocycles. The maximum absolute atomic E-state index is 11.4. The van der Waals surface area contributed by atoms with Gasteiger partial charge >= 0.3 is 5.97 Å². The van der Waals surface area contributed by atoms with Crippen molar-refractivity contribution in [3.63, 3.8) is 0 Å². The second kappa shape index (κ2) is 6.06. The van der Waals surface area contributed by atoms with Crippen molar-refractivity contribution in [3.8, 4) is 5.75 Å². The van der Waals surface area contributed by atoms with E-state index in [-0.39, 0.29) is 22.8 Å². The van der Waals surface area contributed by atoms with Crippen molar-refractivity contribution < 1.29 is 19.2 Å². The van der Waals surface area contributed by atoms with Crippen LogP contribution in [0, 0.1) is 10.1 Å². The Balaban J connectivity index is 2.01. The van der Waals surface area contributed by atoms with Crippen LogP contribution in [0.4, 0.5) is 5.69 Å². The van der Waals surface area contributed by atoms with Crippen molar-refractivity contribution in [3.05, 3.63) is 33.3 Å². The topological polar surface area (TPSA) is 90.7 Å². The van der Waals surface area contributed by atoms with Crippen LogP contribution in [0.2, 0.25) is 5.02 Å². The number of benzene rings is 1. The molecule has 1 saturated heterocycles. The summed E-state index contributed by atoms with van der Waals surface area (Å²) in [5, 5.41) is 13.7. The Morgan fingerprint density at radius 2 is 2.30 bits per heavy atom. The third-order valence-electron chi connectivity index (χ3n) is 3.00. The predicted octanol–water partition coefficient (Wildman–Crippen LogP) is 1.53. The molecule has 1 fully saturated rings. The highest BCUT2D eigenvalue weighted by molar-refractivity contribution is 6.32. The van der Waals surface area contributed by atoms with E-state index in [0.717, 1.165) is 0 Å². The second-order valence-electron chi connectivity index (χ2n) is 4.33. The predicted molar refractivity (Wildman–Crippen MR) is 70.9 cm³/mol. The van der Waals surface area contributed by atoms with E-state index in [1.54, 1.807) is 0 Å². The average molecular weight is 301 g/mol. The second-order valence-corrected chi connectivity index (χ2v) is 4.74. The Labute approximate surface area is 120 Å². The number of non-ortho nitro benzene ring substituents is 1. The molecule has 1 unspecified atom stereocenters. The van der Waals surface area contributed by atoms with Gasteiger partial charge in [-0.15, -0.1) is 0 Å². The largest absolute Gasteiger partial charge is 0.487 e. The van der Waals surface area contributed by atoms with Gasteiger partial charge in [0.15, 0.2) is 0 Å². The van der Waals surface area contributed by atoms with Crippen LogP contribution in [-0.4, -0.2) is 36.7 Å². The van der Waals surface area contributed by atoms with E-state index in [1.165, 1.54) is 25.3 Å². The fourth-order valence-electron chi connectivity index (χ4n) is 1.99. The summed E-state index contributed by atoms with van der Waals surface area (Å²) < 4.78 is 10.3. The number of methoxy groups -OCH3 is 1. The molecular weight excluding hydrogens is 288 g/mol. The molecule has 0 aromatic heterocycles. The number of nitro benzene ring substituents is 1. The number of hydrogen-bond acceptors (Lipinski definition) is 6. The molecule has 1 aromatic carbocycles. The highest BCUT2D eigenvalue weighted by Gasteiger charge is 2.31. The lowest BCUT2D eigenvalue weighted by atomic mass is 10.2. The molecule has 2 rings (SSSR count). The molecule has 0 bridgehead atoms. The highest BCUT2D eigenvalue weighted by Crippen LogP contribution is 2.30. The number of nitro groups is 1. The Morgan fingerprint density at radius 3 is 2.90 bits per heavy atom. The van der Waals surface area contributed by atoms with Gasteiger partial charge in [-0.1, -0.05) is 11.6 Å². The maximum atomic E-state index is 11.4. The van der Waals surface area contributed by atoms with Gasteiger partial charge in [-0.3, -0.25) is 14.9 Å². The number of nitrogens with zero attached hydrogens (tertiary/aromatic N) is 1. The minimum absolute atomic E-state index is 0.0978. The van der Waals surface area contributed by atoms with Crippen LogP contribution in [0.5, 0.6) is 5.75 Å². The van der Waals surface area contributed by atoms with Gasteiger partial charge in [0.1, 0.15) is 17.9 Å². The molecule has 0 radical (unpaired) electrons. The molecule has 0 spiro atoms. The first kappa shape index (κ1) is 14.5. The lowest BCUT2D eigenvalue weighted by Gasteiger charge is -2.13. The lowest BCUT2D eigenvalue weighted by Crippen LogP contribution is -2.31. The Bertz CT molecular complexity index is 537. The van der Waals surface area contributed by atoms with Gasteiger partial charge in [0.2, 0.25) is 0 Å². The summed E-state index contributed by atoms with van der Waals surface area (Å²) in [7, 11) is 1.32. The van der Waals surface area contributed by atoms with Crippen LogP contribution >= 0.6 is 11.6 Å². The van der Waals surface area contributed by atoms with Crippen molar-refractivity contribution in [2.45, 2.75) is 18.6 Å². The first-order chi connectivity index (χ1) is 9.51. The normalized spacial score (nSPS) is 21.5. The van der Waals surface area contributed by atoms with E-state index in [0.29, 0.717) is 18.7 Å². The van der Waals surface area contributed by atoms with Gasteiger partial charge in [-0.05, 0) is 6.07 Å². The van der Waals surface area contributed by atoms with Crippen molar-refractivity contribution >= 4 is 23.3 Å². The van der Waals surface area contributed by atoms with E-state index >= 15 is 0 Å². The number of hydrogen-bond donors (Lipinski definition) is 1. The van der Waals surface area contributed by atoms with Crippen LogP contribution < -0.4 is 10.1 Å². The maximum Gasteiger partial charge on any atom is 0.323 e. The fourth-order valence-corrected chi connectivity index (χ4v) is 2.21. The van der Waals surface area contributed by atoms with Crippen molar-refractivity contribution in [2.24, 2.45) is 0 Å². The molecule has 7 nitrogen and oxygen atoms in total. The fraction of sp³-hybridized carbons (Fsp3) is 0.417. The summed E-state index contributed by atoms with van der Waals surface area (Å²) in [6.07, 6.45) is 0.220. The van der Waals surface area contributed by atoms with E-state index in [2.05, 4.69) is 10.1 Å². The number of halogens is 1. The molecule has 1 aliphatic rings. The molecule has 1 aliphatic heterocycles. The molecule has 0 amide bonds.